The number of likely N-dealkylation sites (tertiary alicyclic amines) is 1. The summed E-state index contributed by atoms with van der Waals surface area (Å²) in [6.45, 7) is 8.51. The molecule has 0 aliphatic carbocycles. The number of aliphatic hydroxyl groups excluding tert-OH is 1. The summed E-state index contributed by atoms with van der Waals surface area (Å²) in [6.07, 6.45) is 0.668. The number of hydrogen-bond donors (Lipinski definition) is 1. The van der Waals surface area contributed by atoms with Gasteiger partial charge in [0.1, 0.15) is 17.3 Å². The van der Waals surface area contributed by atoms with Crippen LogP contribution in [-0.2, 0) is 15.0 Å². The zero-order valence-electron chi connectivity index (χ0n) is 19.6. The van der Waals surface area contributed by atoms with Crippen LogP contribution in [0.4, 0.5) is 0 Å². The number of hydrogen-bond acceptors (Lipinski definition) is 5. The van der Waals surface area contributed by atoms with Crippen molar-refractivity contribution >= 4 is 17.4 Å². The summed E-state index contributed by atoms with van der Waals surface area (Å²) in [4.78, 5) is 27.6. The van der Waals surface area contributed by atoms with Gasteiger partial charge in [-0.1, -0.05) is 52.0 Å². The van der Waals surface area contributed by atoms with E-state index in [0.717, 1.165) is 5.56 Å². The van der Waals surface area contributed by atoms with Gasteiger partial charge in [0, 0.05) is 12.1 Å². The van der Waals surface area contributed by atoms with Gasteiger partial charge in [-0.2, -0.15) is 0 Å². The predicted octanol–water partition coefficient (Wildman–Crippen LogP) is 4.83. The number of aliphatic hydroxyl groups is 1. The highest BCUT2D eigenvalue weighted by Gasteiger charge is 2.47. The normalized spacial score (nSPS) is 18.2. The molecule has 1 heterocycles. The third kappa shape index (κ3) is 4.09. The number of benzene rings is 2. The summed E-state index contributed by atoms with van der Waals surface area (Å²) in [5.74, 6) is -0.621. The van der Waals surface area contributed by atoms with E-state index in [9.17, 15) is 14.7 Å². The second kappa shape index (κ2) is 9.07. The van der Waals surface area contributed by atoms with Crippen LogP contribution in [0.25, 0.3) is 5.76 Å². The van der Waals surface area contributed by atoms with Gasteiger partial charge in [0.05, 0.1) is 31.4 Å². The predicted molar refractivity (Wildman–Crippen MR) is 124 cm³/mol. The molecule has 2 aromatic rings. The van der Waals surface area contributed by atoms with Gasteiger partial charge < -0.3 is 19.5 Å². The van der Waals surface area contributed by atoms with Crippen LogP contribution < -0.4 is 9.47 Å². The molecular formula is C26H31NO5. The highest BCUT2D eigenvalue weighted by molar-refractivity contribution is 6.46. The maximum atomic E-state index is 13.2. The van der Waals surface area contributed by atoms with Crippen LogP contribution in [0.5, 0.6) is 11.5 Å². The lowest BCUT2D eigenvalue weighted by molar-refractivity contribution is -0.139. The van der Waals surface area contributed by atoms with Gasteiger partial charge in [0.2, 0.25) is 0 Å². The van der Waals surface area contributed by atoms with Crippen molar-refractivity contribution in [3.05, 3.63) is 64.7 Å². The molecule has 3 rings (SSSR count). The van der Waals surface area contributed by atoms with Crippen LogP contribution >= 0.6 is 0 Å². The minimum Gasteiger partial charge on any atom is -0.507 e. The Morgan fingerprint density at radius 2 is 1.69 bits per heavy atom. The van der Waals surface area contributed by atoms with Gasteiger partial charge in [-0.05, 0) is 35.6 Å². The van der Waals surface area contributed by atoms with Crippen molar-refractivity contribution < 1.29 is 24.2 Å². The first-order valence-corrected chi connectivity index (χ1v) is 10.8. The second-order valence-corrected chi connectivity index (χ2v) is 8.90. The molecule has 1 aliphatic rings. The largest absolute Gasteiger partial charge is 0.507 e. The number of methoxy groups -OCH3 is 2. The Hall–Kier alpha value is -3.28. The van der Waals surface area contributed by atoms with Crippen molar-refractivity contribution in [1.82, 2.24) is 4.90 Å². The van der Waals surface area contributed by atoms with Gasteiger partial charge in [0.25, 0.3) is 11.7 Å². The lowest BCUT2D eigenvalue weighted by Gasteiger charge is -2.26. The van der Waals surface area contributed by atoms with E-state index in [1.165, 1.54) is 12.0 Å². The topological polar surface area (TPSA) is 76.1 Å². The standard InChI is InChI=1S/C26H31NO5/c1-7-14-27-22(17-10-8-9-11-19(17)31-5)21(24(29)25(27)30)23(28)18-15-16(26(2,3)4)12-13-20(18)32-6/h8-13,15,22,28H,7,14H2,1-6H3/b23-21+. The number of amides is 1. The van der Waals surface area contributed by atoms with E-state index in [1.54, 1.807) is 19.2 Å². The Bertz CT molecular complexity index is 1060. The molecule has 1 unspecified atom stereocenters. The van der Waals surface area contributed by atoms with E-state index in [-0.39, 0.29) is 16.7 Å². The first kappa shape index (κ1) is 23.4. The summed E-state index contributed by atoms with van der Waals surface area (Å²) < 4.78 is 11.0. The van der Waals surface area contributed by atoms with Gasteiger partial charge in [-0.25, -0.2) is 0 Å². The van der Waals surface area contributed by atoms with E-state index >= 15 is 0 Å². The number of rotatable bonds is 6. The Kier molecular flexibility index (Phi) is 6.63. The maximum absolute atomic E-state index is 13.2. The molecular weight excluding hydrogens is 406 g/mol. The van der Waals surface area contributed by atoms with Crippen molar-refractivity contribution in [3.63, 3.8) is 0 Å². The van der Waals surface area contributed by atoms with Crippen molar-refractivity contribution in [2.24, 2.45) is 0 Å². The number of Topliss-reactive ketones (excluding diaryl/α,β-unsaturated/α-hetero) is 1. The van der Waals surface area contributed by atoms with E-state index < -0.39 is 17.7 Å². The van der Waals surface area contributed by atoms with Crippen LogP contribution in [0.3, 0.4) is 0 Å². The minimum atomic E-state index is -0.755. The number of ether oxygens (including phenoxy) is 2. The van der Waals surface area contributed by atoms with Crippen molar-refractivity contribution in [2.75, 3.05) is 20.8 Å². The van der Waals surface area contributed by atoms with Gasteiger partial charge in [-0.3, -0.25) is 9.59 Å². The fourth-order valence-corrected chi connectivity index (χ4v) is 4.07. The van der Waals surface area contributed by atoms with E-state index in [2.05, 4.69) is 20.8 Å². The molecule has 0 spiro atoms. The fourth-order valence-electron chi connectivity index (χ4n) is 4.07. The van der Waals surface area contributed by atoms with E-state index in [0.29, 0.717) is 35.6 Å². The first-order chi connectivity index (χ1) is 15.1. The first-order valence-electron chi connectivity index (χ1n) is 10.8. The van der Waals surface area contributed by atoms with Crippen LogP contribution in [-0.4, -0.2) is 42.5 Å². The Balaban J connectivity index is 2.31. The number of ketones is 1. The maximum Gasteiger partial charge on any atom is 0.295 e. The zero-order chi connectivity index (χ0) is 23.6. The third-order valence-electron chi connectivity index (χ3n) is 5.76. The molecule has 0 radical (unpaired) electrons. The second-order valence-electron chi connectivity index (χ2n) is 8.90. The van der Waals surface area contributed by atoms with E-state index in [1.807, 2.05) is 37.3 Å². The number of carbonyl (C=O) groups is 2. The van der Waals surface area contributed by atoms with Crippen molar-refractivity contribution in [2.45, 2.75) is 45.6 Å². The monoisotopic (exact) mass is 437 g/mol. The minimum absolute atomic E-state index is 0.0392. The Morgan fingerprint density at radius 1 is 1.03 bits per heavy atom. The van der Waals surface area contributed by atoms with Gasteiger partial charge in [-0.15, -0.1) is 0 Å². The molecule has 6 nitrogen and oxygen atoms in total. The highest BCUT2D eigenvalue weighted by atomic mass is 16.5. The van der Waals surface area contributed by atoms with Gasteiger partial charge in [0.15, 0.2) is 0 Å². The average molecular weight is 438 g/mol. The van der Waals surface area contributed by atoms with Gasteiger partial charge >= 0.3 is 0 Å². The molecule has 0 aromatic heterocycles. The third-order valence-corrected chi connectivity index (χ3v) is 5.76. The molecule has 6 heteroatoms. The molecule has 1 amide bonds. The molecule has 0 bridgehead atoms. The van der Waals surface area contributed by atoms with Crippen molar-refractivity contribution in [3.8, 4) is 11.5 Å². The fraction of sp³-hybridized carbons (Fsp3) is 0.385. The van der Waals surface area contributed by atoms with Crippen LogP contribution in [0.2, 0.25) is 0 Å². The molecule has 1 N–H and O–H groups in total. The molecule has 1 saturated heterocycles. The number of nitrogens with zero attached hydrogens (tertiary/aromatic N) is 1. The molecule has 1 atom stereocenters. The average Bonchev–Trinajstić information content (AvgIpc) is 3.02. The number of para-hydroxylation sites is 1. The molecule has 1 aliphatic heterocycles. The lowest BCUT2D eigenvalue weighted by atomic mass is 9.85. The zero-order valence-corrected chi connectivity index (χ0v) is 19.6. The van der Waals surface area contributed by atoms with Crippen LogP contribution in [0.15, 0.2) is 48.0 Å². The molecule has 0 saturated carbocycles. The highest BCUT2D eigenvalue weighted by Crippen LogP contribution is 2.44. The SMILES string of the molecule is CCCN1C(=O)C(=O)/C(=C(/O)c2cc(C(C)(C)C)ccc2OC)C1c1ccccc1OC. The lowest BCUT2D eigenvalue weighted by Crippen LogP contribution is -2.30. The van der Waals surface area contributed by atoms with Crippen LogP contribution in [0, 0.1) is 0 Å². The summed E-state index contributed by atoms with van der Waals surface area (Å²) in [5.41, 5.74) is 1.86. The summed E-state index contributed by atoms with van der Waals surface area (Å²) in [6, 6.07) is 12.0. The van der Waals surface area contributed by atoms with E-state index in [4.69, 9.17) is 9.47 Å². The Labute approximate surface area is 189 Å². The molecule has 1 fully saturated rings. The molecule has 2 aromatic carbocycles. The molecule has 170 valence electrons. The molecule has 32 heavy (non-hydrogen) atoms. The Morgan fingerprint density at radius 3 is 2.28 bits per heavy atom. The number of carbonyl (C=O) groups excluding carboxylic acids is 2. The summed E-state index contributed by atoms with van der Waals surface area (Å²) in [5, 5.41) is 11.5. The smallest absolute Gasteiger partial charge is 0.295 e. The quantitative estimate of drug-likeness (QED) is 0.398. The van der Waals surface area contributed by atoms with Crippen molar-refractivity contribution in [1.29, 1.82) is 0 Å². The summed E-state index contributed by atoms with van der Waals surface area (Å²) >= 11 is 0. The van der Waals surface area contributed by atoms with Crippen LogP contribution in [0.1, 0.15) is 56.8 Å². The summed E-state index contributed by atoms with van der Waals surface area (Å²) in [7, 11) is 3.05.